The Morgan fingerprint density at radius 1 is 1.29 bits per heavy atom. The summed E-state index contributed by atoms with van der Waals surface area (Å²) in [6, 6.07) is 9.91. The molecule has 0 saturated carbocycles. The van der Waals surface area contributed by atoms with E-state index < -0.39 is 11.9 Å². The number of aliphatic carboxylic acids is 1. The summed E-state index contributed by atoms with van der Waals surface area (Å²) in [5, 5.41) is 13.0. The summed E-state index contributed by atoms with van der Waals surface area (Å²) in [7, 11) is 0. The molecule has 2 aromatic rings. The fourth-order valence-corrected chi connectivity index (χ4v) is 2.43. The number of nitrogens with zero attached hydrogens (tertiary/aromatic N) is 1. The van der Waals surface area contributed by atoms with Crippen LogP contribution in [0.5, 0.6) is 0 Å². The second kappa shape index (κ2) is 6.43. The zero-order valence-corrected chi connectivity index (χ0v) is 12.2. The third-order valence-corrected chi connectivity index (χ3v) is 3.69. The van der Waals surface area contributed by atoms with Crippen LogP contribution >= 0.6 is 0 Å². The molecule has 2 atom stereocenters. The molecule has 5 nitrogen and oxygen atoms in total. The van der Waals surface area contributed by atoms with Crippen LogP contribution in [0.4, 0.5) is 0 Å². The smallest absolute Gasteiger partial charge is 0.307 e. The number of amides is 1. The summed E-state index contributed by atoms with van der Waals surface area (Å²) in [5.41, 5.74) is 1.04. The van der Waals surface area contributed by atoms with Crippen LogP contribution in [-0.2, 0) is 9.59 Å². The Labute approximate surface area is 123 Å². The molecule has 1 aromatic heterocycles. The standard InChI is InChI=1S/C16H20N2O3/c1-3-12(16(20)21)10-15(19)17-11(2)18-9-8-13-6-4-5-7-14(13)18/h4-9,11-12H,3,10H2,1-2H3,(H,17,19)(H,20,21). The van der Waals surface area contributed by atoms with Crippen molar-refractivity contribution in [1.29, 1.82) is 0 Å². The van der Waals surface area contributed by atoms with Crippen LogP contribution in [-0.4, -0.2) is 21.6 Å². The number of benzene rings is 1. The maximum atomic E-state index is 12.0. The van der Waals surface area contributed by atoms with Gasteiger partial charge in [-0.2, -0.15) is 0 Å². The zero-order chi connectivity index (χ0) is 15.4. The minimum atomic E-state index is -0.924. The van der Waals surface area contributed by atoms with Crippen LogP contribution in [0.25, 0.3) is 10.9 Å². The normalized spacial score (nSPS) is 13.8. The van der Waals surface area contributed by atoms with Gasteiger partial charge in [0.25, 0.3) is 0 Å². The van der Waals surface area contributed by atoms with Crippen molar-refractivity contribution < 1.29 is 14.7 Å². The van der Waals surface area contributed by atoms with Crippen LogP contribution in [0.15, 0.2) is 36.5 Å². The lowest BCUT2D eigenvalue weighted by Gasteiger charge is -2.18. The van der Waals surface area contributed by atoms with Crippen molar-refractivity contribution >= 4 is 22.8 Å². The van der Waals surface area contributed by atoms with Crippen LogP contribution < -0.4 is 5.32 Å². The molecular formula is C16H20N2O3. The fourth-order valence-electron chi connectivity index (χ4n) is 2.43. The maximum Gasteiger partial charge on any atom is 0.307 e. The van der Waals surface area contributed by atoms with E-state index in [4.69, 9.17) is 5.11 Å². The van der Waals surface area contributed by atoms with Gasteiger partial charge in [0.05, 0.1) is 5.92 Å². The van der Waals surface area contributed by atoms with E-state index in [9.17, 15) is 9.59 Å². The molecule has 0 bridgehead atoms. The second-order valence-corrected chi connectivity index (χ2v) is 5.17. The lowest BCUT2D eigenvalue weighted by Crippen LogP contribution is -2.32. The van der Waals surface area contributed by atoms with Gasteiger partial charge in [-0.3, -0.25) is 9.59 Å². The third kappa shape index (κ3) is 3.42. The zero-order valence-electron chi connectivity index (χ0n) is 12.2. The topological polar surface area (TPSA) is 71.3 Å². The monoisotopic (exact) mass is 288 g/mol. The van der Waals surface area contributed by atoms with Crippen LogP contribution in [0.3, 0.4) is 0 Å². The average Bonchev–Trinajstić information content (AvgIpc) is 2.88. The second-order valence-electron chi connectivity index (χ2n) is 5.17. The number of carboxylic acids is 1. The number of fused-ring (bicyclic) bond motifs is 1. The molecule has 2 N–H and O–H groups in total. The highest BCUT2D eigenvalue weighted by Gasteiger charge is 2.20. The first kappa shape index (κ1) is 15.1. The van der Waals surface area contributed by atoms with Crippen molar-refractivity contribution in [1.82, 2.24) is 9.88 Å². The predicted molar refractivity (Wildman–Crippen MR) is 80.8 cm³/mol. The van der Waals surface area contributed by atoms with Crippen molar-refractivity contribution in [2.75, 3.05) is 0 Å². The predicted octanol–water partition coefficient (Wildman–Crippen LogP) is 2.78. The van der Waals surface area contributed by atoms with E-state index >= 15 is 0 Å². The molecule has 0 saturated heterocycles. The first-order valence-corrected chi connectivity index (χ1v) is 7.10. The van der Waals surface area contributed by atoms with E-state index in [0.717, 1.165) is 10.9 Å². The van der Waals surface area contributed by atoms with Gasteiger partial charge < -0.3 is 15.0 Å². The summed E-state index contributed by atoms with van der Waals surface area (Å²) in [5.74, 6) is -1.79. The minimum absolute atomic E-state index is 0.00930. The van der Waals surface area contributed by atoms with Gasteiger partial charge in [0, 0.05) is 18.1 Å². The molecule has 21 heavy (non-hydrogen) atoms. The van der Waals surface area contributed by atoms with Crippen molar-refractivity contribution in [3.8, 4) is 0 Å². The molecule has 112 valence electrons. The number of rotatable bonds is 6. The number of nitrogens with one attached hydrogen (secondary N) is 1. The van der Waals surface area contributed by atoms with Crippen LogP contribution in [0.2, 0.25) is 0 Å². The number of hydrogen-bond acceptors (Lipinski definition) is 2. The van der Waals surface area contributed by atoms with Crippen molar-refractivity contribution in [2.45, 2.75) is 32.9 Å². The molecule has 5 heteroatoms. The molecule has 0 aliphatic heterocycles. The number of aromatic nitrogens is 1. The number of carboxylic acid groups (broad SMARTS) is 1. The van der Waals surface area contributed by atoms with Crippen LogP contribution in [0.1, 0.15) is 32.9 Å². The molecule has 0 aliphatic rings. The summed E-state index contributed by atoms with van der Waals surface area (Å²) in [6.45, 7) is 3.65. The SMILES string of the molecule is CCC(CC(=O)NC(C)n1ccc2ccccc21)C(=O)O. The largest absolute Gasteiger partial charge is 0.481 e. The van der Waals surface area contributed by atoms with Gasteiger partial charge in [0.2, 0.25) is 5.91 Å². The minimum Gasteiger partial charge on any atom is -0.481 e. The Hall–Kier alpha value is -2.30. The van der Waals surface area contributed by atoms with E-state index in [-0.39, 0.29) is 18.5 Å². The molecule has 0 spiro atoms. The van der Waals surface area contributed by atoms with Crippen molar-refractivity contribution in [3.63, 3.8) is 0 Å². The highest BCUT2D eigenvalue weighted by atomic mass is 16.4. The van der Waals surface area contributed by atoms with Gasteiger partial charge in [-0.1, -0.05) is 25.1 Å². The van der Waals surface area contributed by atoms with Gasteiger partial charge in [-0.15, -0.1) is 0 Å². The lowest BCUT2D eigenvalue weighted by atomic mass is 10.0. The van der Waals surface area contributed by atoms with Crippen molar-refractivity contribution in [2.24, 2.45) is 5.92 Å². The number of para-hydroxylation sites is 1. The number of carbonyl (C=O) groups is 2. The quantitative estimate of drug-likeness (QED) is 0.858. The number of hydrogen-bond donors (Lipinski definition) is 2. The van der Waals surface area contributed by atoms with Gasteiger partial charge in [-0.25, -0.2) is 0 Å². The summed E-state index contributed by atoms with van der Waals surface area (Å²) in [4.78, 5) is 22.9. The van der Waals surface area contributed by atoms with E-state index in [1.54, 1.807) is 6.92 Å². The first-order chi connectivity index (χ1) is 10.0. The highest BCUT2D eigenvalue weighted by molar-refractivity contribution is 5.83. The van der Waals surface area contributed by atoms with E-state index in [2.05, 4.69) is 5.32 Å². The maximum absolute atomic E-state index is 12.0. The molecular weight excluding hydrogens is 268 g/mol. The average molecular weight is 288 g/mol. The van der Waals surface area contributed by atoms with E-state index in [0.29, 0.717) is 6.42 Å². The van der Waals surface area contributed by atoms with Gasteiger partial charge in [-0.05, 0) is 30.9 Å². The summed E-state index contributed by atoms with van der Waals surface area (Å²) < 4.78 is 1.97. The Morgan fingerprint density at radius 3 is 2.67 bits per heavy atom. The first-order valence-electron chi connectivity index (χ1n) is 7.10. The van der Waals surface area contributed by atoms with Crippen molar-refractivity contribution in [3.05, 3.63) is 36.5 Å². The molecule has 1 heterocycles. The molecule has 1 aromatic carbocycles. The molecule has 0 aliphatic carbocycles. The van der Waals surface area contributed by atoms with E-state index in [1.165, 1.54) is 0 Å². The molecule has 0 fully saturated rings. The van der Waals surface area contributed by atoms with Gasteiger partial charge in [0.15, 0.2) is 0 Å². The molecule has 0 radical (unpaired) electrons. The lowest BCUT2D eigenvalue weighted by molar-refractivity contribution is -0.144. The Balaban J connectivity index is 2.05. The Bertz CT molecular complexity index is 648. The molecule has 2 rings (SSSR count). The van der Waals surface area contributed by atoms with Crippen LogP contribution in [0, 0.1) is 5.92 Å². The van der Waals surface area contributed by atoms with Gasteiger partial charge >= 0.3 is 5.97 Å². The summed E-state index contributed by atoms with van der Waals surface area (Å²) in [6.07, 6.45) is 2.16. The fraction of sp³-hybridized carbons (Fsp3) is 0.375. The number of carbonyl (C=O) groups excluding carboxylic acids is 1. The molecule has 2 unspecified atom stereocenters. The summed E-state index contributed by atoms with van der Waals surface area (Å²) >= 11 is 0. The Morgan fingerprint density at radius 2 is 2.00 bits per heavy atom. The van der Waals surface area contributed by atoms with Gasteiger partial charge in [0.1, 0.15) is 6.17 Å². The van der Waals surface area contributed by atoms with E-state index in [1.807, 2.05) is 48.0 Å². The highest BCUT2D eigenvalue weighted by Crippen LogP contribution is 2.19. The third-order valence-electron chi connectivity index (χ3n) is 3.69. The molecule has 1 amide bonds. The Kier molecular flexibility index (Phi) is 4.62.